The van der Waals surface area contributed by atoms with Gasteiger partial charge in [-0.25, -0.2) is 4.79 Å². The van der Waals surface area contributed by atoms with E-state index in [-0.39, 0.29) is 17.1 Å². The molecular weight excluding hydrogens is 372 g/mol. The lowest BCUT2D eigenvalue weighted by Gasteiger charge is -2.57. The van der Waals surface area contributed by atoms with Crippen LogP contribution in [0.4, 0.5) is 5.69 Å². The summed E-state index contributed by atoms with van der Waals surface area (Å²) in [7, 11) is 0. The fraction of sp³-hybridized carbons (Fsp3) is 0.545. The SMILES string of the molecule is C[C@@H](OC(=O)/C=C/c1cccc([N+](=O)[O-])c1)C(=O)NC12CC3CC(CC(C3)C1)C2. The predicted octanol–water partition coefficient (Wildman–Crippen LogP) is 3.62. The maximum absolute atomic E-state index is 12.7. The van der Waals surface area contributed by atoms with E-state index in [0.717, 1.165) is 37.0 Å². The van der Waals surface area contributed by atoms with Crippen LogP contribution < -0.4 is 5.32 Å². The van der Waals surface area contributed by atoms with Crippen molar-refractivity contribution in [3.05, 3.63) is 46.0 Å². The first-order valence-electron chi connectivity index (χ1n) is 10.3. The summed E-state index contributed by atoms with van der Waals surface area (Å²) < 4.78 is 5.25. The van der Waals surface area contributed by atoms with Crippen molar-refractivity contribution in [2.24, 2.45) is 17.8 Å². The van der Waals surface area contributed by atoms with E-state index in [0.29, 0.717) is 5.56 Å². The molecule has 4 fully saturated rings. The molecule has 4 bridgehead atoms. The van der Waals surface area contributed by atoms with E-state index < -0.39 is 17.0 Å². The second-order valence-corrected chi connectivity index (χ2v) is 8.95. The largest absolute Gasteiger partial charge is 0.449 e. The number of hydrogen-bond acceptors (Lipinski definition) is 5. The number of non-ortho nitro benzene ring substituents is 1. The number of carbonyl (C=O) groups is 2. The van der Waals surface area contributed by atoms with Gasteiger partial charge in [-0.3, -0.25) is 14.9 Å². The van der Waals surface area contributed by atoms with E-state index in [1.807, 2.05) is 0 Å². The molecule has 0 radical (unpaired) electrons. The van der Waals surface area contributed by atoms with Crippen molar-refractivity contribution in [2.45, 2.75) is 57.1 Å². The molecule has 4 saturated carbocycles. The molecule has 5 rings (SSSR count). The van der Waals surface area contributed by atoms with Gasteiger partial charge in [0.25, 0.3) is 11.6 Å². The van der Waals surface area contributed by atoms with Gasteiger partial charge in [0.15, 0.2) is 6.10 Å². The molecule has 154 valence electrons. The maximum Gasteiger partial charge on any atom is 0.331 e. The first kappa shape index (κ1) is 19.6. The Morgan fingerprint density at radius 3 is 2.41 bits per heavy atom. The van der Waals surface area contributed by atoms with Crippen LogP contribution in [0.15, 0.2) is 30.3 Å². The van der Waals surface area contributed by atoms with Crippen molar-refractivity contribution in [2.75, 3.05) is 0 Å². The second kappa shape index (κ2) is 7.61. The van der Waals surface area contributed by atoms with Crippen LogP contribution in [-0.4, -0.2) is 28.4 Å². The Hall–Kier alpha value is -2.70. The topological polar surface area (TPSA) is 98.5 Å². The monoisotopic (exact) mass is 398 g/mol. The summed E-state index contributed by atoms with van der Waals surface area (Å²) in [4.78, 5) is 35.1. The van der Waals surface area contributed by atoms with Crippen molar-refractivity contribution in [3.63, 3.8) is 0 Å². The van der Waals surface area contributed by atoms with E-state index in [2.05, 4.69) is 5.32 Å². The Labute approximate surface area is 169 Å². The first-order valence-corrected chi connectivity index (χ1v) is 10.3. The standard InChI is InChI=1S/C22H26N2O5/c1-14(29-20(25)6-5-15-3-2-4-19(10-15)24(27)28)21(26)23-22-11-16-7-17(12-22)9-18(8-16)13-22/h2-6,10,14,16-18H,7-9,11-13H2,1H3,(H,23,26)/b6-5+/t14-,16?,17?,18?,22?/m1/s1. The van der Waals surface area contributed by atoms with Gasteiger partial charge < -0.3 is 10.1 Å². The zero-order chi connectivity index (χ0) is 20.6. The van der Waals surface area contributed by atoms with E-state index in [9.17, 15) is 19.7 Å². The summed E-state index contributed by atoms with van der Waals surface area (Å²) in [5.74, 6) is 1.26. The molecule has 1 aromatic rings. The molecule has 7 heteroatoms. The second-order valence-electron chi connectivity index (χ2n) is 8.95. The highest BCUT2D eigenvalue weighted by Gasteiger charge is 2.51. The molecule has 0 spiro atoms. The average molecular weight is 398 g/mol. The molecule has 0 unspecified atom stereocenters. The lowest BCUT2D eigenvalue weighted by atomic mass is 9.53. The molecule has 1 N–H and O–H groups in total. The normalized spacial score (nSPS) is 30.9. The molecule has 4 aliphatic rings. The fourth-order valence-electron chi connectivity index (χ4n) is 5.80. The number of nitrogens with zero attached hydrogens (tertiary/aromatic N) is 1. The smallest absolute Gasteiger partial charge is 0.331 e. The van der Waals surface area contributed by atoms with Crippen LogP contribution in [0.2, 0.25) is 0 Å². The Morgan fingerprint density at radius 1 is 1.21 bits per heavy atom. The number of amides is 1. The van der Waals surface area contributed by atoms with Gasteiger partial charge in [-0.05, 0) is 74.8 Å². The Kier molecular flexibility index (Phi) is 5.15. The lowest BCUT2D eigenvalue weighted by Crippen LogP contribution is -2.61. The summed E-state index contributed by atoms with van der Waals surface area (Å²) in [6.07, 6.45) is 8.75. The molecule has 1 aromatic carbocycles. The summed E-state index contributed by atoms with van der Waals surface area (Å²) in [6, 6.07) is 5.95. The number of nitrogens with one attached hydrogen (secondary N) is 1. The van der Waals surface area contributed by atoms with Crippen LogP contribution in [0.3, 0.4) is 0 Å². The van der Waals surface area contributed by atoms with Gasteiger partial charge >= 0.3 is 5.97 Å². The van der Waals surface area contributed by atoms with Crippen LogP contribution >= 0.6 is 0 Å². The highest BCUT2D eigenvalue weighted by atomic mass is 16.6. The Balaban J connectivity index is 1.32. The van der Waals surface area contributed by atoms with Gasteiger partial charge in [-0.2, -0.15) is 0 Å². The first-order chi connectivity index (χ1) is 13.8. The number of benzene rings is 1. The summed E-state index contributed by atoms with van der Waals surface area (Å²) in [5.41, 5.74) is 0.344. The third-order valence-electron chi connectivity index (χ3n) is 6.58. The highest BCUT2D eigenvalue weighted by Crippen LogP contribution is 2.55. The number of nitro groups is 1. The van der Waals surface area contributed by atoms with E-state index in [4.69, 9.17) is 4.74 Å². The van der Waals surface area contributed by atoms with E-state index >= 15 is 0 Å². The van der Waals surface area contributed by atoms with Gasteiger partial charge in [-0.1, -0.05) is 12.1 Å². The minimum Gasteiger partial charge on any atom is -0.449 e. The van der Waals surface area contributed by atoms with Gasteiger partial charge in [0, 0.05) is 23.7 Å². The molecule has 4 aliphatic carbocycles. The molecular formula is C22H26N2O5. The third kappa shape index (κ3) is 4.33. The lowest BCUT2D eigenvalue weighted by molar-refractivity contribution is -0.384. The summed E-state index contributed by atoms with van der Waals surface area (Å²) >= 11 is 0. The Morgan fingerprint density at radius 2 is 1.83 bits per heavy atom. The molecule has 29 heavy (non-hydrogen) atoms. The molecule has 0 aromatic heterocycles. The molecule has 1 atom stereocenters. The Bertz CT molecular complexity index is 827. The average Bonchev–Trinajstić information content (AvgIpc) is 2.65. The van der Waals surface area contributed by atoms with Crippen LogP contribution in [0, 0.1) is 27.9 Å². The predicted molar refractivity (Wildman–Crippen MR) is 107 cm³/mol. The van der Waals surface area contributed by atoms with E-state index in [1.165, 1.54) is 43.5 Å². The van der Waals surface area contributed by atoms with Crippen molar-refractivity contribution in [1.82, 2.24) is 5.32 Å². The molecule has 1 amide bonds. The van der Waals surface area contributed by atoms with Crippen molar-refractivity contribution in [1.29, 1.82) is 0 Å². The van der Waals surface area contributed by atoms with Crippen molar-refractivity contribution < 1.29 is 19.2 Å². The maximum atomic E-state index is 12.7. The summed E-state index contributed by atoms with van der Waals surface area (Å²) in [5, 5.41) is 14.0. The van der Waals surface area contributed by atoms with Gasteiger partial charge in [-0.15, -0.1) is 0 Å². The zero-order valence-electron chi connectivity index (χ0n) is 16.5. The number of rotatable bonds is 6. The molecule has 7 nitrogen and oxygen atoms in total. The van der Waals surface area contributed by atoms with Crippen molar-refractivity contribution in [3.8, 4) is 0 Å². The van der Waals surface area contributed by atoms with Crippen LogP contribution in [0.25, 0.3) is 6.08 Å². The van der Waals surface area contributed by atoms with Crippen molar-refractivity contribution >= 4 is 23.6 Å². The number of carbonyl (C=O) groups excluding carboxylic acids is 2. The van der Waals surface area contributed by atoms with E-state index in [1.54, 1.807) is 19.1 Å². The number of nitro benzene ring substituents is 1. The van der Waals surface area contributed by atoms with Gasteiger partial charge in [0.05, 0.1) is 4.92 Å². The number of ether oxygens (including phenoxy) is 1. The fourth-order valence-corrected chi connectivity index (χ4v) is 5.80. The van der Waals surface area contributed by atoms with Gasteiger partial charge in [0.2, 0.25) is 0 Å². The van der Waals surface area contributed by atoms with Crippen LogP contribution in [0.5, 0.6) is 0 Å². The highest BCUT2D eigenvalue weighted by molar-refractivity contribution is 5.90. The summed E-state index contributed by atoms with van der Waals surface area (Å²) in [6.45, 7) is 1.58. The molecule has 0 aliphatic heterocycles. The van der Waals surface area contributed by atoms with Crippen LogP contribution in [0.1, 0.15) is 51.0 Å². The molecule has 0 saturated heterocycles. The quantitative estimate of drug-likeness (QED) is 0.341. The molecule has 0 heterocycles. The van der Waals surface area contributed by atoms with Crippen LogP contribution in [-0.2, 0) is 14.3 Å². The minimum absolute atomic E-state index is 0.0520. The third-order valence-corrected chi connectivity index (χ3v) is 6.58. The number of esters is 1. The van der Waals surface area contributed by atoms with Gasteiger partial charge in [0.1, 0.15) is 0 Å². The number of hydrogen-bond donors (Lipinski definition) is 1. The zero-order valence-corrected chi connectivity index (χ0v) is 16.5. The minimum atomic E-state index is -0.884.